The van der Waals surface area contributed by atoms with Crippen LogP contribution in [0.3, 0.4) is 0 Å². The lowest BCUT2D eigenvalue weighted by atomic mass is 9.79. The van der Waals surface area contributed by atoms with E-state index < -0.39 is 0 Å². The van der Waals surface area contributed by atoms with Crippen molar-refractivity contribution >= 4 is 21.8 Å². The van der Waals surface area contributed by atoms with E-state index in [1.807, 2.05) is 0 Å². The first kappa shape index (κ1) is 17.4. The summed E-state index contributed by atoms with van der Waals surface area (Å²) < 4.78 is 0. The highest BCUT2D eigenvalue weighted by molar-refractivity contribution is 6.15. The molecule has 0 radical (unpaired) electrons. The fourth-order valence-electron chi connectivity index (χ4n) is 6.60. The average molecular weight is 400 g/mol. The summed E-state index contributed by atoms with van der Waals surface area (Å²) in [4.78, 5) is 3.86. The van der Waals surface area contributed by atoms with Gasteiger partial charge >= 0.3 is 0 Å². The largest absolute Gasteiger partial charge is 0.354 e. The lowest BCUT2D eigenvalue weighted by Gasteiger charge is -2.23. The molecule has 31 heavy (non-hydrogen) atoms. The normalized spacial score (nSPS) is 16.9. The second kappa shape index (κ2) is 5.29. The zero-order valence-corrected chi connectivity index (χ0v) is 18.4. The third-order valence-electron chi connectivity index (χ3n) is 7.97. The second-order valence-electron chi connectivity index (χ2n) is 10.3. The predicted molar refractivity (Wildman–Crippen MR) is 131 cm³/mol. The molecular formula is C30H25N. The summed E-state index contributed by atoms with van der Waals surface area (Å²) >= 11 is 0. The Morgan fingerprint density at radius 2 is 1.10 bits per heavy atom. The minimum absolute atomic E-state index is 0.0158. The minimum Gasteiger partial charge on any atom is -0.354 e. The molecule has 7 rings (SSSR count). The summed E-state index contributed by atoms with van der Waals surface area (Å²) in [6.07, 6.45) is 0. The zero-order valence-electron chi connectivity index (χ0n) is 18.4. The van der Waals surface area contributed by atoms with Gasteiger partial charge in [-0.3, -0.25) is 0 Å². The molecule has 1 N–H and O–H groups in total. The first-order valence-corrected chi connectivity index (χ1v) is 11.2. The van der Waals surface area contributed by atoms with Crippen molar-refractivity contribution in [1.82, 2.24) is 4.98 Å². The summed E-state index contributed by atoms with van der Waals surface area (Å²) in [5, 5.41) is 2.75. The van der Waals surface area contributed by atoms with E-state index in [1.54, 1.807) is 0 Å². The van der Waals surface area contributed by atoms with Crippen LogP contribution in [0.25, 0.3) is 44.1 Å². The molecule has 1 heterocycles. The summed E-state index contributed by atoms with van der Waals surface area (Å²) in [5.74, 6) is 0. The number of fused-ring (bicyclic) bond motifs is 11. The molecule has 5 aromatic rings. The first-order chi connectivity index (χ1) is 14.9. The van der Waals surface area contributed by atoms with Crippen molar-refractivity contribution in [3.63, 3.8) is 0 Å². The molecule has 2 aliphatic rings. The van der Waals surface area contributed by atoms with Crippen LogP contribution in [-0.4, -0.2) is 4.98 Å². The molecule has 0 saturated heterocycles. The second-order valence-corrected chi connectivity index (χ2v) is 10.3. The molecule has 4 aromatic carbocycles. The molecule has 0 aliphatic heterocycles. The monoisotopic (exact) mass is 399 g/mol. The number of hydrogen-bond donors (Lipinski definition) is 1. The maximum Gasteiger partial charge on any atom is 0.0512 e. The van der Waals surface area contributed by atoms with E-state index in [1.165, 1.54) is 66.3 Å². The number of rotatable bonds is 0. The van der Waals surface area contributed by atoms with Crippen LogP contribution in [-0.2, 0) is 10.8 Å². The Hall–Kier alpha value is -3.32. The van der Waals surface area contributed by atoms with Crippen molar-refractivity contribution < 1.29 is 0 Å². The van der Waals surface area contributed by atoms with Crippen molar-refractivity contribution in [1.29, 1.82) is 0 Å². The Kier molecular flexibility index (Phi) is 2.96. The van der Waals surface area contributed by atoms with E-state index in [2.05, 4.69) is 105 Å². The Balaban J connectivity index is 1.63. The van der Waals surface area contributed by atoms with Gasteiger partial charge in [-0.1, -0.05) is 94.4 Å². The summed E-state index contributed by atoms with van der Waals surface area (Å²) in [5.41, 5.74) is 13.8. The van der Waals surface area contributed by atoms with Crippen LogP contribution in [0.1, 0.15) is 49.9 Å². The Morgan fingerprint density at radius 1 is 0.548 bits per heavy atom. The number of aromatic nitrogens is 1. The van der Waals surface area contributed by atoms with Crippen molar-refractivity contribution in [2.24, 2.45) is 0 Å². The highest BCUT2D eigenvalue weighted by Crippen LogP contribution is 2.55. The maximum atomic E-state index is 3.86. The smallest absolute Gasteiger partial charge is 0.0512 e. The summed E-state index contributed by atoms with van der Waals surface area (Å²) in [7, 11) is 0. The number of hydrogen-bond acceptors (Lipinski definition) is 0. The van der Waals surface area contributed by atoms with E-state index in [-0.39, 0.29) is 10.8 Å². The molecule has 0 spiro atoms. The van der Waals surface area contributed by atoms with E-state index in [0.29, 0.717) is 0 Å². The van der Waals surface area contributed by atoms with Crippen LogP contribution >= 0.6 is 0 Å². The van der Waals surface area contributed by atoms with Gasteiger partial charge in [0.25, 0.3) is 0 Å². The molecular weight excluding hydrogens is 374 g/mol. The van der Waals surface area contributed by atoms with Crippen LogP contribution < -0.4 is 0 Å². The fraction of sp³-hybridized carbons (Fsp3) is 0.200. The third-order valence-corrected chi connectivity index (χ3v) is 7.97. The topological polar surface area (TPSA) is 15.8 Å². The molecule has 0 unspecified atom stereocenters. The predicted octanol–water partition coefficient (Wildman–Crippen LogP) is 7.93. The highest BCUT2D eigenvalue weighted by atomic mass is 14.7. The highest BCUT2D eigenvalue weighted by Gasteiger charge is 2.40. The molecule has 1 nitrogen and oxygen atoms in total. The van der Waals surface area contributed by atoms with E-state index >= 15 is 0 Å². The molecule has 0 amide bonds. The van der Waals surface area contributed by atoms with Crippen molar-refractivity contribution in [3.8, 4) is 22.3 Å². The quantitative estimate of drug-likeness (QED) is 0.272. The van der Waals surface area contributed by atoms with E-state index in [4.69, 9.17) is 0 Å². The van der Waals surface area contributed by atoms with E-state index in [9.17, 15) is 0 Å². The number of H-pyrrole nitrogens is 1. The molecule has 0 saturated carbocycles. The van der Waals surface area contributed by atoms with Crippen LogP contribution in [0.4, 0.5) is 0 Å². The standard InChI is InChI=1S/C30H25N/c1-29(2)22-11-7-5-9-17(22)19-15-16-24-25(26(19)29)21-14-13-20-18-10-6-8-12-23(18)30(3,4)27(20)28(21)31-24/h5-16,31H,1-4H3. The van der Waals surface area contributed by atoms with Gasteiger partial charge in [-0.25, -0.2) is 0 Å². The van der Waals surface area contributed by atoms with Gasteiger partial charge in [-0.2, -0.15) is 0 Å². The van der Waals surface area contributed by atoms with Gasteiger partial charge in [0.1, 0.15) is 0 Å². The van der Waals surface area contributed by atoms with Crippen molar-refractivity contribution in [2.45, 2.75) is 38.5 Å². The fourth-order valence-corrected chi connectivity index (χ4v) is 6.60. The van der Waals surface area contributed by atoms with Gasteiger partial charge in [-0.15, -0.1) is 0 Å². The molecule has 150 valence electrons. The SMILES string of the molecule is CC1(C)c2ccccc2-c2ccc3c([nH]c4ccc5c(c43)C(C)(C)c3ccccc3-5)c21. The molecule has 2 aliphatic carbocycles. The van der Waals surface area contributed by atoms with Crippen LogP contribution in [0.2, 0.25) is 0 Å². The minimum atomic E-state index is -0.0199. The maximum absolute atomic E-state index is 3.86. The summed E-state index contributed by atoms with van der Waals surface area (Å²) in [6, 6.07) is 27.1. The molecule has 1 heteroatoms. The van der Waals surface area contributed by atoms with Crippen molar-refractivity contribution in [2.75, 3.05) is 0 Å². The van der Waals surface area contributed by atoms with Crippen LogP contribution in [0.15, 0.2) is 72.8 Å². The lowest BCUT2D eigenvalue weighted by Crippen LogP contribution is -2.15. The zero-order chi connectivity index (χ0) is 21.1. The number of nitrogens with one attached hydrogen (secondary N) is 1. The van der Waals surface area contributed by atoms with Gasteiger partial charge < -0.3 is 4.98 Å². The Morgan fingerprint density at radius 3 is 1.77 bits per heavy atom. The lowest BCUT2D eigenvalue weighted by molar-refractivity contribution is 0.665. The molecule has 0 atom stereocenters. The van der Waals surface area contributed by atoms with Gasteiger partial charge in [0, 0.05) is 27.1 Å². The third kappa shape index (κ3) is 1.89. The Bertz CT molecular complexity index is 1580. The van der Waals surface area contributed by atoms with Crippen LogP contribution in [0, 0.1) is 0 Å². The summed E-state index contributed by atoms with van der Waals surface area (Å²) in [6.45, 7) is 9.49. The average Bonchev–Trinajstić information content (AvgIpc) is 3.33. The number of benzene rings is 4. The number of aromatic amines is 1. The molecule has 1 aromatic heterocycles. The molecule has 0 bridgehead atoms. The van der Waals surface area contributed by atoms with Gasteiger partial charge in [0.2, 0.25) is 0 Å². The van der Waals surface area contributed by atoms with Gasteiger partial charge in [0.15, 0.2) is 0 Å². The molecule has 0 fully saturated rings. The first-order valence-electron chi connectivity index (χ1n) is 11.2. The Labute approximate surface area is 182 Å². The van der Waals surface area contributed by atoms with Gasteiger partial charge in [0.05, 0.1) is 5.52 Å². The van der Waals surface area contributed by atoms with Crippen molar-refractivity contribution in [3.05, 3.63) is 95.1 Å². The van der Waals surface area contributed by atoms with E-state index in [0.717, 1.165) is 0 Å². The van der Waals surface area contributed by atoms with Gasteiger partial charge in [-0.05, 0) is 50.6 Å². The van der Waals surface area contributed by atoms with Crippen LogP contribution in [0.5, 0.6) is 0 Å².